The van der Waals surface area contributed by atoms with Crippen molar-refractivity contribution in [2.75, 3.05) is 25.7 Å². The van der Waals surface area contributed by atoms with Crippen LogP contribution in [-0.2, 0) is 11.2 Å². The molecule has 0 spiro atoms. The highest BCUT2D eigenvalue weighted by atomic mass is 32.1. The van der Waals surface area contributed by atoms with Crippen molar-refractivity contribution in [3.8, 4) is 11.5 Å². The Bertz CT molecular complexity index is 789. The number of thiazole rings is 1. The van der Waals surface area contributed by atoms with Crippen LogP contribution >= 0.6 is 11.3 Å². The van der Waals surface area contributed by atoms with E-state index in [9.17, 15) is 4.79 Å². The summed E-state index contributed by atoms with van der Waals surface area (Å²) >= 11 is 1.22. The van der Waals surface area contributed by atoms with Gasteiger partial charge in [0.2, 0.25) is 5.13 Å². The molecular weight excluding hydrogens is 366 g/mol. The molecule has 7 nitrogen and oxygen atoms in total. The minimum absolute atomic E-state index is 0.384. The van der Waals surface area contributed by atoms with Crippen LogP contribution in [0.1, 0.15) is 48.1 Å². The molecule has 0 aliphatic heterocycles. The van der Waals surface area contributed by atoms with Crippen molar-refractivity contribution >= 4 is 28.7 Å². The predicted molar refractivity (Wildman–Crippen MR) is 107 cm³/mol. The molecule has 0 aliphatic carbocycles. The number of hydrogen-bond donors (Lipinski definition) is 1. The average molecular weight is 391 g/mol. The van der Waals surface area contributed by atoms with Gasteiger partial charge in [-0.3, -0.25) is 5.43 Å². The molecular formula is C19H25N3O4S. The van der Waals surface area contributed by atoms with Gasteiger partial charge in [-0.05, 0) is 43.5 Å². The fourth-order valence-electron chi connectivity index (χ4n) is 2.26. The maximum Gasteiger partial charge on any atom is 0.350 e. The van der Waals surface area contributed by atoms with Crippen molar-refractivity contribution in [2.45, 2.75) is 33.6 Å². The van der Waals surface area contributed by atoms with Crippen LogP contribution in [0.3, 0.4) is 0 Å². The molecule has 0 bridgehead atoms. The second-order valence-electron chi connectivity index (χ2n) is 5.50. The average Bonchev–Trinajstić information content (AvgIpc) is 3.10. The highest BCUT2D eigenvalue weighted by molar-refractivity contribution is 7.17. The van der Waals surface area contributed by atoms with Gasteiger partial charge in [-0.15, -0.1) is 0 Å². The van der Waals surface area contributed by atoms with Gasteiger partial charge >= 0.3 is 5.97 Å². The number of rotatable bonds is 10. The Morgan fingerprint density at radius 2 is 2.07 bits per heavy atom. The molecule has 0 atom stereocenters. The third-order valence-corrected chi connectivity index (χ3v) is 4.49. The highest BCUT2D eigenvalue weighted by Gasteiger charge is 2.17. The van der Waals surface area contributed by atoms with E-state index in [0.717, 1.165) is 17.7 Å². The lowest BCUT2D eigenvalue weighted by Gasteiger charge is -2.11. The van der Waals surface area contributed by atoms with Gasteiger partial charge in [0.25, 0.3) is 0 Å². The Balaban J connectivity index is 2.10. The van der Waals surface area contributed by atoms with Crippen LogP contribution in [0, 0.1) is 0 Å². The molecule has 8 heteroatoms. The smallest absolute Gasteiger partial charge is 0.350 e. The SMILES string of the molecule is CCCOc1ccc(/C=N\Nc2nc(CC)c(C(=O)OC)s2)cc1OCC. The Kier molecular flexibility index (Phi) is 8.06. The summed E-state index contributed by atoms with van der Waals surface area (Å²) in [6.45, 7) is 7.11. The van der Waals surface area contributed by atoms with Crippen molar-refractivity contribution < 1.29 is 19.0 Å². The molecule has 1 N–H and O–H groups in total. The topological polar surface area (TPSA) is 82.0 Å². The molecule has 1 aromatic heterocycles. The number of carbonyl (C=O) groups is 1. The Morgan fingerprint density at radius 3 is 2.74 bits per heavy atom. The van der Waals surface area contributed by atoms with Gasteiger partial charge in [-0.2, -0.15) is 5.10 Å². The third kappa shape index (κ3) is 5.68. The van der Waals surface area contributed by atoms with Gasteiger partial charge in [0.05, 0.1) is 32.2 Å². The first-order chi connectivity index (χ1) is 13.1. The molecule has 0 aliphatic rings. The number of ether oxygens (including phenoxy) is 3. The molecule has 146 valence electrons. The van der Waals surface area contributed by atoms with Crippen LogP contribution in [-0.4, -0.2) is 37.5 Å². The standard InChI is InChI=1S/C19H25N3O4S/c1-5-10-26-15-9-8-13(11-16(15)25-7-3)12-20-22-19-21-14(6-2)17(27-19)18(23)24-4/h8-9,11-12H,5-7,10H2,1-4H3,(H,21,22)/b20-12-. The van der Waals surface area contributed by atoms with E-state index in [-0.39, 0.29) is 5.97 Å². The summed E-state index contributed by atoms with van der Waals surface area (Å²) in [5.74, 6) is 1.02. The Labute approximate surface area is 163 Å². The molecule has 0 radical (unpaired) electrons. The first-order valence-corrected chi connectivity index (χ1v) is 9.71. The maximum absolute atomic E-state index is 11.8. The van der Waals surface area contributed by atoms with Crippen molar-refractivity contribution in [3.05, 3.63) is 34.3 Å². The first kappa shape index (κ1) is 20.7. The van der Waals surface area contributed by atoms with E-state index in [1.54, 1.807) is 6.21 Å². The minimum Gasteiger partial charge on any atom is -0.490 e. The zero-order valence-corrected chi connectivity index (χ0v) is 16.9. The van der Waals surface area contributed by atoms with E-state index in [1.807, 2.05) is 32.0 Å². The lowest BCUT2D eigenvalue weighted by atomic mass is 10.2. The van der Waals surface area contributed by atoms with Crippen molar-refractivity contribution in [1.29, 1.82) is 0 Å². The molecule has 0 unspecified atom stereocenters. The van der Waals surface area contributed by atoms with Gasteiger partial charge in [0.15, 0.2) is 11.5 Å². The third-order valence-electron chi connectivity index (χ3n) is 3.51. The molecule has 0 fully saturated rings. The van der Waals surface area contributed by atoms with E-state index in [0.29, 0.717) is 41.1 Å². The zero-order valence-electron chi connectivity index (χ0n) is 16.1. The number of esters is 1. The van der Waals surface area contributed by atoms with Crippen LogP contribution in [0.5, 0.6) is 11.5 Å². The van der Waals surface area contributed by atoms with Crippen LogP contribution < -0.4 is 14.9 Å². The second kappa shape index (κ2) is 10.5. The molecule has 27 heavy (non-hydrogen) atoms. The number of benzene rings is 1. The number of carbonyl (C=O) groups excluding carboxylic acids is 1. The van der Waals surface area contributed by atoms with E-state index in [4.69, 9.17) is 14.2 Å². The van der Waals surface area contributed by atoms with Gasteiger partial charge in [-0.25, -0.2) is 9.78 Å². The number of methoxy groups -OCH3 is 1. The number of aromatic nitrogens is 1. The number of nitrogens with one attached hydrogen (secondary N) is 1. The zero-order chi connectivity index (χ0) is 19.6. The van der Waals surface area contributed by atoms with Gasteiger partial charge in [0.1, 0.15) is 4.88 Å². The molecule has 2 rings (SSSR count). The number of hydrogen-bond acceptors (Lipinski definition) is 8. The van der Waals surface area contributed by atoms with Crippen LogP contribution in [0.15, 0.2) is 23.3 Å². The lowest BCUT2D eigenvalue weighted by molar-refractivity contribution is 0.0605. The van der Waals surface area contributed by atoms with Crippen LogP contribution in [0.25, 0.3) is 0 Å². The normalized spacial score (nSPS) is 10.8. The van der Waals surface area contributed by atoms with Crippen LogP contribution in [0.2, 0.25) is 0 Å². The number of hydrazone groups is 1. The van der Waals surface area contributed by atoms with Gasteiger partial charge in [0, 0.05) is 0 Å². The fourth-order valence-corrected chi connectivity index (χ4v) is 3.18. The Morgan fingerprint density at radius 1 is 1.26 bits per heavy atom. The largest absolute Gasteiger partial charge is 0.490 e. The van der Waals surface area contributed by atoms with Gasteiger partial charge < -0.3 is 14.2 Å². The molecule has 1 heterocycles. The predicted octanol–water partition coefficient (Wildman–Crippen LogP) is 4.13. The summed E-state index contributed by atoms with van der Waals surface area (Å²) in [6.07, 6.45) is 3.24. The summed E-state index contributed by atoms with van der Waals surface area (Å²) < 4.78 is 16.1. The van der Waals surface area contributed by atoms with E-state index in [1.165, 1.54) is 18.4 Å². The summed E-state index contributed by atoms with van der Waals surface area (Å²) in [5.41, 5.74) is 4.42. The molecule has 0 saturated carbocycles. The lowest BCUT2D eigenvalue weighted by Crippen LogP contribution is -2.01. The second-order valence-corrected chi connectivity index (χ2v) is 6.50. The summed E-state index contributed by atoms with van der Waals surface area (Å²) in [7, 11) is 1.36. The number of anilines is 1. The van der Waals surface area contributed by atoms with Crippen LogP contribution in [0.4, 0.5) is 5.13 Å². The summed E-state index contributed by atoms with van der Waals surface area (Å²) in [6, 6.07) is 5.65. The first-order valence-electron chi connectivity index (χ1n) is 8.89. The number of aryl methyl sites for hydroxylation is 1. The van der Waals surface area contributed by atoms with Gasteiger partial charge in [-0.1, -0.05) is 25.2 Å². The summed E-state index contributed by atoms with van der Waals surface area (Å²) in [4.78, 5) is 16.6. The molecule has 1 aromatic carbocycles. The van der Waals surface area contributed by atoms with E-state index in [2.05, 4.69) is 22.4 Å². The molecule has 2 aromatic rings. The molecule has 0 saturated heterocycles. The monoisotopic (exact) mass is 391 g/mol. The van der Waals surface area contributed by atoms with Crippen molar-refractivity contribution in [2.24, 2.45) is 5.10 Å². The Hall–Kier alpha value is -2.61. The summed E-state index contributed by atoms with van der Waals surface area (Å²) in [5, 5.41) is 4.74. The minimum atomic E-state index is -0.384. The number of nitrogens with zero attached hydrogens (tertiary/aromatic N) is 2. The van der Waals surface area contributed by atoms with Crippen molar-refractivity contribution in [3.63, 3.8) is 0 Å². The quantitative estimate of drug-likeness (QED) is 0.373. The van der Waals surface area contributed by atoms with Crippen molar-refractivity contribution in [1.82, 2.24) is 4.98 Å². The molecule has 0 amide bonds. The van der Waals surface area contributed by atoms with E-state index < -0.39 is 0 Å². The maximum atomic E-state index is 11.8. The fraction of sp³-hybridized carbons (Fsp3) is 0.421. The highest BCUT2D eigenvalue weighted by Crippen LogP contribution is 2.28. The van der Waals surface area contributed by atoms with E-state index >= 15 is 0 Å².